The third-order valence-corrected chi connectivity index (χ3v) is 4.08. The number of nitrogens with zero attached hydrogens (tertiary/aromatic N) is 2. The van der Waals surface area contributed by atoms with Crippen LogP contribution in [-0.2, 0) is 0 Å². The van der Waals surface area contributed by atoms with Crippen LogP contribution in [0.2, 0.25) is 0 Å². The molecule has 92 valence electrons. The van der Waals surface area contributed by atoms with E-state index in [2.05, 4.69) is 30.8 Å². The van der Waals surface area contributed by atoms with Crippen LogP contribution < -0.4 is 5.73 Å². The maximum atomic E-state index is 6.03. The first kappa shape index (κ1) is 11.7. The largest absolute Gasteiger partial charge is 0.370 e. The molecule has 3 heteroatoms. The van der Waals surface area contributed by atoms with Gasteiger partial charge in [0.15, 0.2) is 5.96 Å². The van der Waals surface area contributed by atoms with Gasteiger partial charge in [-0.05, 0) is 43.9 Å². The quantitative estimate of drug-likeness (QED) is 0.577. The molecular formula is C13H25N3. The molecule has 0 aromatic carbocycles. The lowest BCUT2D eigenvalue weighted by atomic mass is 9.75. The standard InChI is InChI=1S/C13H25N3/c1-13(2)8-6-11(7-9-13)16(3)12(14)15-10-4-5-10/h10-11H,4-9H2,1-3H3,(H2,14,15). The van der Waals surface area contributed by atoms with Crippen molar-refractivity contribution in [1.29, 1.82) is 0 Å². The van der Waals surface area contributed by atoms with Gasteiger partial charge in [0, 0.05) is 13.1 Å². The third-order valence-electron chi connectivity index (χ3n) is 4.08. The fourth-order valence-corrected chi connectivity index (χ4v) is 2.44. The second kappa shape index (κ2) is 4.27. The van der Waals surface area contributed by atoms with Crippen LogP contribution >= 0.6 is 0 Å². The highest BCUT2D eigenvalue weighted by Gasteiger charge is 2.30. The van der Waals surface area contributed by atoms with Gasteiger partial charge in [-0.2, -0.15) is 0 Å². The smallest absolute Gasteiger partial charge is 0.191 e. The molecule has 16 heavy (non-hydrogen) atoms. The highest BCUT2D eigenvalue weighted by Crippen LogP contribution is 2.36. The summed E-state index contributed by atoms with van der Waals surface area (Å²) < 4.78 is 0. The van der Waals surface area contributed by atoms with Crippen molar-refractivity contribution < 1.29 is 0 Å². The molecule has 0 spiro atoms. The first-order chi connectivity index (χ1) is 7.48. The Morgan fingerprint density at radius 1 is 1.19 bits per heavy atom. The zero-order chi connectivity index (χ0) is 11.8. The molecule has 0 radical (unpaired) electrons. The lowest BCUT2D eigenvalue weighted by Gasteiger charge is -2.39. The number of hydrogen-bond donors (Lipinski definition) is 1. The first-order valence-electron chi connectivity index (χ1n) is 6.54. The Bertz CT molecular complexity index is 269. The van der Waals surface area contributed by atoms with E-state index in [1.54, 1.807) is 0 Å². The fourth-order valence-electron chi connectivity index (χ4n) is 2.44. The van der Waals surface area contributed by atoms with Crippen LogP contribution in [-0.4, -0.2) is 30.0 Å². The van der Waals surface area contributed by atoms with Crippen LogP contribution in [0, 0.1) is 5.41 Å². The molecule has 0 aliphatic heterocycles. The molecular weight excluding hydrogens is 198 g/mol. The van der Waals surface area contributed by atoms with Gasteiger partial charge in [-0.3, -0.25) is 0 Å². The van der Waals surface area contributed by atoms with Gasteiger partial charge < -0.3 is 10.6 Å². The molecule has 0 heterocycles. The minimum Gasteiger partial charge on any atom is -0.370 e. The number of rotatable bonds is 2. The second-order valence-electron chi connectivity index (χ2n) is 6.22. The molecule has 2 aliphatic rings. The van der Waals surface area contributed by atoms with E-state index >= 15 is 0 Å². The second-order valence-corrected chi connectivity index (χ2v) is 6.22. The molecule has 3 nitrogen and oxygen atoms in total. The molecule has 2 N–H and O–H groups in total. The minimum atomic E-state index is 0.528. The highest BCUT2D eigenvalue weighted by atomic mass is 15.3. The normalized spacial score (nSPS) is 26.8. The molecule has 0 saturated heterocycles. The van der Waals surface area contributed by atoms with Crippen molar-refractivity contribution in [3.05, 3.63) is 0 Å². The predicted molar refractivity (Wildman–Crippen MR) is 68.4 cm³/mol. The van der Waals surface area contributed by atoms with Gasteiger partial charge in [-0.1, -0.05) is 13.8 Å². The van der Waals surface area contributed by atoms with E-state index in [1.807, 2.05) is 0 Å². The molecule has 2 fully saturated rings. The zero-order valence-electron chi connectivity index (χ0n) is 10.9. The van der Waals surface area contributed by atoms with Gasteiger partial charge in [0.05, 0.1) is 6.04 Å². The Labute approximate surface area is 99.1 Å². The van der Waals surface area contributed by atoms with E-state index in [0.717, 1.165) is 5.96 Å². The maximum absolute atomic E-state index is 6.03. The van der Waals surface area contributed by atoms with Crippen LogP contribution in [0.4, 0.5) is 0 Å². The Kier molecular flexibility index (Phi) is 3.13. The molecule has 2 rings (SSSR count). The summed E-state index contributed by atoms with van der Waals surface area (Å²) in [5.41, 5.74) is 6.56. The van der Waals surface area contributed by atoms with Crippen LogP contribution in [0.15, 0.2) is 4.99 Å². The minimum absolute atomic E-state index is 0.528. The molecule has 0 amide bonds. The third kappa shape index (κ3) is 2.89. The number of aliphatic imine (C=N–C) groups is 1. The molecule has 0 bridgehead atoms. The van der Waals surface area contributed by atoms with Crippen molar-refractivity contribution in [3.8, 4) is 0 Å². The van der Waals surface area contributed by atoms with E-state index < -0.39 is 0 Å². The Hall–Kier alpha value is -0.730. The summed E-state index contributed by atoms with van der Waals surface area (Å²) in [7, 11) is 2.10. The molecule has 0 aromatic rings. The van der Waals surface area contributed by atoms with Gasteiger partial charge in [-0.25, -0.2) is 4.99 Å². The van der Waals surface area contributed by atoms with E-state index in [-0.39, 0.29) is 0 Å². The summed E-state index contributed by atoms with van der Waals surface area (Å²) in [6, 6.07) is 1.14. The Morgan fingerprint density at radius 3 is 2.25 bits per heavy atom. The van der Waals surface area contributed by atoms with Crippen LogP contribution in [0.1, 0.15) is 52.4 Å². The van der Waals surface area contributed by atoms with Gasteiger partial charge in [0.1, 0.15) is 0 Å². The molecule has 2 aliphatic carbocycles. The van der Waals surface area contributed by atoms with Crippen molar-refractivity contribution in [2.45, 2.75) is 64.5 Å². The molecule has 0 aromatic heterocycles. The van der Waals surface area contributed by atoms with Crippen LogP contribution in [0.3, 0.4) is 0 Å². The molecule has 0 unspecified atom stereocenters. The maximum Gasteiger partial charge on any atom is 0.191 e. The summed E-state index contributed by atoms with van der Waals surface area (Å²) >= 11 is 0. The van der Waals surface area contributed by atoms with Crippen molar-refractivity contribution in [2.75, 3.05) is 7.05 Å². The van der Waals surface area contributed by atoms with Crippen LogP contribution in [0.5, 0.6) is 0 Å². The summed E-state index contributed by atoms with van der Waals surface area (Å²) in [6.45, 7) is 4.73. The topological polar surface area (TPSA) is 41.6 Å². The van der Waals surface area contributed by atoms with Crippen molar-refractivity contribution in [3.63, 3.8) is 0 Å². The first-order valence-corrected chi connectivity index (χ1v) is 6.54. The lowest BCUT2D eigenvalue weighted by Crippen LogP contribution is -2.44. The van der Waals surface area contributed by atoms with E-state index in [4.69, 9.17) is 5.73 Å². The van der Waals surface area contributed by atoms with E-state index in [0.29, 0.717) is 17.5 Å². The lowest BCUT2D eigenvalue weighted by molar-refractivity contribution is 0.168. The van der Waals surface area contributed by atoms with Crippen molar-refractivity contribution in [2.24, 2.45) is 16.1 Å². The number of guanidine groups is 1. The molecule has 2 saturated carbocycles. The summed E-state index contributed by atoms with van der Waals surface area (Å²) in [5.74, 6) is 0.757. The van der Waals surface area contributed by atoms with Gasteiger partial charge >= 0.3 is 0 Å². The number of hydrogen-bond acceptors (Lipinski definition) is 1. The highest BCUT2D eigenvalue weighted by molar-refractivity contribution is 5.78. The SMILES string of the molecule is CN(C(N)=NC1CC1)C1CCC(C)(C)CC1. The van der Waals surface area contributed by atoms with E-state index in [9.17, 15) is 0 Å². The molecule has 0 atom stereocenters. The van der Waals surface area contributed by atoms with Crippen molar-refractivity contribution >= 4 is 5.96 Å². The average molecular weight is 223 g/mol. The van der Waals surface area contributed by atoms with Gasteiger partial charge in [-0.15, -0.1) is 0 Å². The Balaban J connectivity index is 1.88. The average Bonchev–Trinajstić information content (AvgIpc) is 3.00. The summed E-state index contributed by atoms with van der Waals surface area (Å²) in [5, 5.41) is 0. The van der Waals surface area contributed by atoms with E-state index in [1.165, 1.54) is 38.5 Å². The Morgan fingerprint density at radius 2 is 1.75 bits per heavy atom. The summed E-state index contributed by atoms with van der Waals surface area (Å²) in [6.07, 6.45) is 7.57. The fraction of sp³-hybridized carbons (Fsp3) is 0.923. The summed E-state index contributed by atoms with van der Waals surface area (Å²) in [4.78, 5) is 6.72. The van der Waals surface area contributed by atoms with Crippen LogP contribution in [0.25, 0.3) is 0 Å². The van der Waals surface area contributed by atoms with Gasteiger partial charge in [0.25, 0.3) is 0 Å². The van der Waals surface area contributed by atoms with Gasteiger partial charge in [0.2, 0.25) is 0 Å². The monoisotopic (exact) mass is 223 g/mol. The predicted octanol–water partition coefficient (Wildman–Crippen LogP) is 2.36. The van der Waals surface area contributed by atoms with Crippen molar-refractivity contribution in [1.82, 2.24) is 4.90 Å². The number of nitrogens with two attached hydrogens (primary N) is 1. The zero-order valence-corrected chi connectivity index (χ0v) is 10.9.